The molecule has 108 heavy (non-hydrogen) atoms. The highest BCUT2D eigenvalue weighted by molar-refractivity contribution is 7.47. The van der Waals surface area contributed by atoms with Crippen LogP contribution < -0.4 is 0 Å². The Labute approximate surface area is 664 Å². The third-order valence-electron chi connectivity index (χ3n) is 21.5. The van der Waals surface area contributed by atoms with E-state index < -0.39 is 97.5 Å². The van der Waals surface area contributed by atoms with Gasteiger partial charge in [-0.3, -0.25) is 37.3 Å². The second-order valence-electron chi connectivity index (χ2n) is 33.4. The number of esters is 4. The highest BCUT2D eigenvalue weighted by atomic mass is 31.2. The number of rotatable bonds is 86. The number of ether oxygens (including phenoxy) is 4. The molecule has 0 radical (unpaired) electrons. The molecule has 3 N–H and O–H groups in total. The SMILES string of the molecule is CCC(C)CCCCCCCCCCCCCCCCCCCCC(=O)O[C@H](COC(=O)CCCCCCCCCCCCCCCCCCC(C)C)COP(=O)(O)OC[C@@H](O)COP(=O)(O)OC[C@@H](COC(=O)CCCCCCCCCCCCC(C)C)OC(=O)CCCCCCCCCCCCC(C)CC. The third kappa shape index (κ3) is 79.3. The van der Waals surface area contributed by atoms with Crippen LogP contribution in [0.15, 0.2) is 0 Å². The topological polar surface area (TPSA) is 237 Å². The number of aliphatic hydroxyl groups is 1. The summed E-state index contributed by atoms with van der Waals surface area (Å²) in [6.45, 7) is 14.4. The molecule has 0 spiro atoms. The van der Waals surface area contributed by atoms with Crippen molar-refractivity contribution in [2.24, 2.45) is 23.7 Å². The summed E-state index contributed by atoms with van der Waals surface area (Å²) in [6, 6.07) is 0. The fourth-order valence-electron chi connectivity index (χ4n) is 13.8. The van der Waals surface area contributed by atoms with Gasteiger partial charge in [0.05, 0.1) is 26.4 Å². The molecule has 0 rings (SSSR count). The molecular formula is C89H174O17P2. The van der Waals surface area contributed by atoms with Gasteiger partial charge >= 0.3 is 39.5 Å². The van der Waals surface area contributed by atoms with E-state index in [1.54, 1.807) is 0 Å². The first kappa shape index (κ1) is 106. The van der Waals surface area contributed by atoms with E-state index in [4.69, 9.17) is 37.0 Å². The van der Waals surface area contributed by atoms with Crippen molar-refractivity contribution in [2.75, 3.05) is 39.6 Å². The second kappa shape index (κ2) is 77.6. The molecule has 0 saturated heterocycles. The number of phosphoric acid groups is 2. The van der Waals surface area contributed by atoms with Crippen LogP contribution in [0.2, 0.25) is 0 Å². The molecule has 0 amide bonds. The Kier molecular flexibility index (Phi) is 76.2. The van der Waals surface area contributed by atoms with Crippen molar-refractivity contribution in [3.63, 3.8) is 0 Å². The van der Waals surface area contributed by atoms with Gasteiger partial charge in [-0.15, -0.1) is 0 Å². The summed E-state index contributed by atoms with van der Waals surface area (Å²) in [4.78, 5) is 73.4. The summed E-state index contributed by atoms with van der Waals surface area (Å²) in [5.74, 6) is 1.14. The molecule has 0 aromatic rings. The predicted molar refractivity (Wildman–Crippen MR) is 446 cm³/mol. The zero-order valence-electron chi connectivity index (χ0n) is 71.5. The molecule has 0 aliphatic heterocycles. The standard InChI is InChI=1S/C89H174O17P2/c1-9-81(7)67-59-51-43-35-26-22-18-13-11-12-14-20-24-28-39-47-55-63-71-88(93)105-84(75-99-86(91)69-61-53-45-37-27-23-19-16-15-17-21-25-33-41-49-57-65-79(3)4)77-103-107(95,96)101-73-83(90)74-102-108(97,98)104-78-85(76-100-87(92)70-62-54-46-38-31-29-34-42-50-58-66-80(5)6)106-89(94)72-64-56-48-40-32-30-36-44-52-60-68-82(8)10-2/h79-85,90H,9-78H2,1-8H3,(H,95,96)(H,97,98)/t81?,82?,83-,84-,85-/m1/s1. The van der Waals surface area contributed by atoms with Gasteiger partial charge in [0.2, 0.25) is 0 Å². The molecule has 0 bridgehead atoms. The predicted octanol–water partition coefficient (Wildman–Crippen LogP) is 27.1. The first-order chi connectivity index (χ1) is 52.2. The zero-order valence-corrected chi connectivity index (χ0v) is 73.3. The summed E-state index contributed by atoms with van der Waals surface area (Å²) < 4.78 is 69.0. The van der Waals surface area contributed by atoms with Gasteiger partial charge in [0.15, 0.2) is 12.2 Å². The fourth-order valence-corrected chi connectivity index (χ4v) is 15.4. The number of hydrogen-bond acceptors (Lipinski definition) is 15. The van der Waals surface area contributed by atoms with Crippen LogP contribution in [-0.2, 0) is 65.4 Å². The van der Waals surface area contributed by atoms with Crippen LogP contribution in [0, 0.1) is 23.7 Å². The summed E-state index contributed by atoms with van der Waals surface area (Å²) in [5, 5.41) is 10.7. The minimum absolute atomic E-state index is 0.106. The number of unbranched alkanes of at least 4 members (excludes halogenated alkanes) is 50. The Hall–Kier alpha value is -1.94. The van der Waals surface area contributed by atoms with Crippen LogP contribution in [0.4, 0.5) is 0 Å². The molecule has 0 aliphatic carbocycles. The molecule has 0 aliphatic rings. The Morgan fingerprint density at radius 3 is 0.657 bits per heavy atom. The first-order valence-electron chi connectivity index (χ1n) is 45.8. The molecule has 642 valence electrons. The second-order valence-corrected chi connectivity index (χ2v) is 36.3. The van der Waals surface area contributed by atoms with Crippen molar-refractivity contribution in [2.45, 2.75) is 485 Å². The van der Waals surface area contributed by atoms with E-state index in [2.05, 4.69) is 55.4 Å². The van der Waals surface area contributed by atoms with Gasteiger partial charge in [-0.1, -0.05) is 415 Å². The van der Waals surface area contributed by atoms with E-state index in [9.17, 15) is 43.2 Å². The van der Waals surface area contributed by atoms with Crippen molar-refractivity contribution in [1.82, 2.24) is 0 Å². The Morgan fingerprint density at radius 1 is 0.259 bits per heavy atom. The number of phosphoric ester groups is 2. The van der Waals surface area contributed by atoms with Crippen LogP contribution >= 0.6 is 15.6 Å². The van der Waals surface area contributed by atoms with Crippen LogP contribution in [0.3, 0.4) is 0 Å². The molecule has 0 fully saturated rings. The van der Waals surface area contributed by atoms with Gasteiger partial charge in [0, 0.05) is 25.7 Å². The third-order valence-corrected chi connectivity index (χ3v) is 23.4. The van der Waals surface area contributed by atoms with Crippen LogP contribution in [-0.4, -0.2) is 96.7 Å². The highest BCUT2D eigenvalue weighted by Crippen LogP contribution is 2.45. The van der Waals surface area contributed by atoms with E-state index in [0.29, 0.717) is 25.7 Å². The average molecular weight is 1580 g/mol. The molecule has 0 heterocycles. The molecule has 0 aromatic carbocycles. The van der Waals surface area contributed by atoms with Gasteiger partial charge in [0.25, 0.3) is 0 Å². The van der Waals surface area contributed by atoms with Crippen molar-refractivity contribution >= 4 is 39.5 Å². The largest absolute Gasteiger partial charge is 0.472 e. The fraction of sp³-hybridized carbons (Fsp3) is 0.955. The van der Waals surface area contributed by atoms with Crippen LogP contribution in [0.25, 0.3) is 0 Å². The Balaban J connectivity index is 5.26. The quantitative estimate of drug-likeness (QED) is 0.0222. The minimum Gasteiger partial charge on any atom is -0.462 e. The summed E-state index contributed by atoms with van der Waals surface area (Å²) in [7, 11) is -9.94. The van der Waals surface area contributed by atoms with Crippen LogP contribution in [0.5, 0.6) is 0 Å². The number of hydrogen-bond donors (Lipinski definition) is 3. The lowest BCUT2D eigenvalue weighted by molar-refractivity contribution is -0.161. The number of aliphatic hydroxyl groups excluding tert-OH is 1. The van der Waals surface area contributed by atoms with Crippen molar-refractivity contribution in [3.05, 3.63) is 0 Å². The average Bonchev–Trinajstić information content (AvgIpc) is 0.898. The molecule has 17 nitrogen and oxygen atoms in total. The maximum Gasteiger partial charge on any atom is 0.472 e. The molecule has 0 aromatic heterocycles. The first-order valence-corrected chi connectivity index (χ1v) is 48.8. The van der Waals surface area contributed by atoms with E-state index in [1.165, 1.54) is 270 Å². The molecule has 4 unspecified atom stereocenters. The summed E-state index contributed by atoms with van der Waals surface area (Å²) >= 11 is 0. The van der Waals surface area contributed by atoms with Gasteiger partial charge in [-0.05, 0) is 49.4 Å². The van der Waals surface area contributed by atoms with Crippen molar-refractivity contribution in [3.8, 4) is 0 Å². The van der Waals surface area contributed by atoms with Crippen molar-refractivity contribution in [1.29, 1.82) is 0 Å². The van der Waals surface area contributed by atoms with Crippen molar-refractivity contribution < 1.29 is 80.2 Å². The lowest BCUT2D eigenvalue weighted by Gasteiger charge is -2.21. The van der Waals surface area contributed by atoms with Gasteiger partial charge < -0.3 is 33.8 Å². The number of carbonyl (C=O) groups is 4. The minimum atomic E-state index is -4.97. The maximum atomic E-state index is 13.2. The molecule has 19 heteroatoms. The van der Waals surface area contributed by atoms with E-state index in [0.717, 1.165) is 114 Å². The normalized spacial score (nSPS) is 14.4. The highest BCUT2D eigenvalue weighted by Gasteiger charge is 2.31. The summed E-state index contributed by atoms with van der Waals surface area (Å²) in [6.07, 6.45) is 67.9. The van der Waals surface area contributed by atoms with Gasteiger partial charge in [0.1, 0.15) is 19.3 Å². The summed E-state index contributed by atoms with van der Waals surface area (Å²) in [5.41, 5.74) is 0. The smallest absolute Gasteiger partial charge is 0.462 e. The van der Waals surface area contributed by atoms with Crippen LogP contribution in [0.1, 0.15) is 466 Å². The maximum absolute atomic E-state index is 13.2. The lowest BCUT2D eigenvalue weighted by Crippen LogP contribution is -2.30. The van der Waals surface area contributed by atoms with E-state index in [-0.39, 0.29) is 25.7 Å². The molecular weight excluding hydrogens is 1400 g/mol. The Morgan fingerprint density at radius 2 is 0.444 bits per heavy atom. The monoisotopic (exact) mass is 1580 g/mol. The zero-order chi connectivity index (χ0) is 79.5. The Bertz CT molecular complexity index is 2100. The number of carbonyl (C=O) groups excluding carboxylic acids is 4. The van der Waals surface area contributed by atoms with Gasteiger partial charge in [-0.2, -0.15) is 0 Å². The molecule has 7 atom stereocenters. The van der Waals surface area contributed by atoms with Gasteiger partial charge in [-0.25, -0.2) is 9.13 Å². The van der Waals surface area contributed by atoms with E-state index >= 15 is 0 Å². The van der Waals surface area contributed by atoms with E-state index in [1.807, 2.05) is 0 Å². The lowest BCUT2D eigenvalue weighted by atomic mass is 9.99. The molecule has 0 saturated carbocycles.